The Bertz CT molecular complexity index is 1260. The summed E-state index contributed by atoms with van der Waals surface area (Å²) in [7, 11) is 0. The van der Waals surface area contributed by atoms with Gasteiger partial charge in [-0.15, -0.1) is 0 Å². The highest BCUT2D eigenvalue weighted by Gasteiger charge is 2.20. The van der Waals surface area contributed by atoms with E-state index in [-0.39, 0.29) is 17.2 Å². The van der Waals surface area contributed by atoms with E-state index in [0.717, 1.165) is 22.4 Å². The van der Waals surface area contributed by atoms with Crippen molar-refractivity contribution in [1.29, 1.82) is 0 Å². The molecule has 4 aromatic carbocycles. The molecule has 0 saturated heterocycles. The van der Waals surface area contributed by atoms with Crippen LogP contribution in [0.5, 0.6) is 28.7 Å². The number of hydrogen-bond donors (Lipinski definition) is 3. The molecule has 0 aliphatic heterocycles. The van der Waals surface area contributed by atoms with Crippen molar-refractivity contribution in [1.82, 2.24) is 0 Å². The largest absolute Gasteiger partial charge is 0.508 e. The average Bonchev–Trinajstić information content (AvgIpc) is 2.80. The number of rotatable bonds is 5. The second-order valence-electron chi connectivity index (χ2n) is 8.27. The smallest absolute Gasteiger partial charge is 0.139 e. The van der Waals surface area contributed by atoms with Crippen molar-refractivity contribution in [2.45, 2.75) is 27.7 Å². The summed E-state index contributed by atoms with van der Waals surface area (Å²) in [6.45, 7) is 7.65. The van der Waals surface area contributed by atoms with E-state index >= 15 is 0 Å². The summed E-state index contributed by atoms with van der Waals surface area (Å²) in [6, 6.07) is 21.6. The first kappa shape index (κ1) is 22.1. The number of anilines is 3. The summed E-state index contributed by atoms with van der Waals surface area (Å²) in [5.74, 6) is 1.62. The van der Waals surface area contributed by atoms with E-state index in [2.05, 4.69) is 0 Å². The van der Waals surface area contributed by atoms with Gasteiger partial charge in [0, 0.05) is 11.3 Å². The topological polar surface area (TPSA) is 73.2 Å². The van der Waals surface area contributed by atoms with Gasteiger partial charge in [-0.25, -0.2) is 0 Å². The molecule has 0 fully saturated rings. The second kappa shape index (κ2) is 8.79. The molecule has 0 saturated carbocycles. The van der Waals surface area contributed by atoms with Gasteiger partial charge in [0.25, 0.3) is 0 Å². The third kappa shape index (κ3) is 4.44. The summed E-state index contributed by atoms with van der Waals surface area (Å²) >= 11 is 0. The molecule has 0 heterocycles. The predicted octanol–water partition coefficient (Wildman–Crippen LogP) is 7.30. The molecule has 0 spiro atoms. The third-order valence-electron chi connectivity index (χ3n) is 5.63. The van der Waals surface area contributed by atoms with Gasteiger partial charge in [0.05, 0.1) is 11.4 Å². The Morgan fingerprint density at radius 3 is 1.67 bits per heavy atom. The Labute approximate surface area is 193 Å². The van der Waals surface area contributed by atoms with Gasteiger partial charge in [-0.05, 0) is 99.0 Å². The molecule has 0 atom stereocenters. The maximum Gasteiger partial charge on any atom is 0.139 e. The van der Waals surface area contributed by atoms with Gasteiger partial charge in [-0.3, -0.25) is 0 Å². The van der Waals surface area contributed by atoms with Crippen LogP contribution in [0.1, 0.15) is 22.3 Å². The van der Waals surface area contributed by atoms with Crippen LogP contribution in [-0.2, 0) is 0 Å². The number of ether oxygens (including phenoxy) is 1. The maximum atomic E-state index is 10.7. The van der Waals surface area contributed by atoms with Crippen LogP contribution in [0, 0.1) is 27.7 Å². The lowest BCUT2D eigenvalue weighted by Gasteiger charge is -2.27. The van der Waals surface area contributed by atoms with Gasteiger partial charge >= 0.3 is 0 Å². The monoisotopic (exact) mass is 441 g/mol. The van der Waals surface area contributed by atoms with E-state index in [9.17, 15) is 15.3 Å². The molecule has 4 aromatic rings. The Hall–Kier alpha value is -4.12. The first-order valence-corrected chi connectivity index (χ1v) is 10.7. The van der Waals surface area contributed by atoms with Gasteiger partial charge in [0.2, 0.25) is 0 Å². The van der Waals surface area contributed by atoms with E-state index in [1.54, 1.807) is 18.2 Å². The minimum atomic E-state index is 0.104. The minimum absolute atomic E-state index is 0.104. The van der Waals surface area contributed by atoms with Crippen molar-refractivity contribution in [3.05, 3.63) is 95.1 Å². The van der Waals surface area contributed by atoms with Crippen molar-refractivity contribution in [2.24, 2.45) is 0 Å². The van der Waals surface area contributed by atoms with Gasteiger partial charge in [0.15, 0.2) is 0 Å². The summed E-state index contributed by atoms with van der Waals surface area (Å²) < 4.78 is 6.08. The number of nitrogens with zero attached hydrogens (tertiary/aromatic N) is 1. The van der Waals surface area contributed by atoms with Crippen LogP contribution >= 0.6 is 0 Å². The van der Waals surface area contributed by atoms with E-state index in [0.29, 0.717) is 28.4 Å². The van der Waals surface area contributed by atoms with Crippen LogP contribution in [0.3, 0.4) is 0 Å². The zero-order valence-corrected chi connectivity index (χ0v) is 19.1. The van der Waals surface area contributed by atoms with Crippen LogP contribution in [0.15, 0.2) is 72.8 Å². The number of phenolic OH excluding ortho intramolecular Hbond substituents is 3. The molecule has 0 aliphatic rings. The van der Waals surface area contributed by atoms with Crippen LogP contribution < -0.4 is 9.64 Å². The molecule has 4 rings (SSSR count). The normalized spacial score (nSPS) is 10.8. The lowest BCUT2D eigenvalue weighted by Crippen LogP contribution is -2.11. The molecule has 0 aliphatic carbocycles. The van der Waals surface area contributed by atoms with Crippen molar-refractivity contribution >= 4 is 17.1 Å². The fourth-order valence-electron chi connectivity index (χ4n) is 3.79. The van der Waals surface area contributed by atoms with Crippen molar-refractivity contribution in [3.8, 4) is 28.7 Å². The quantitative estimate of drug-likeness (QED) is 0.303. The highest BCUT2D eigenvalue weighted by atomic mass is 16.5. The van der Waals surface area contributed by atoms with Crippen LogP contribution in [0.25, 0.3) is 0 Å². The standard InChI is InChI=1S/C28H27NO4/c1-17-5-12-26(31)23(15-17)29(24-16-18(2)6-13-27(24)32)21-8-10-22(11-9-21)33-28-19(3)7-14-25(30)20(28)4/h5-16,30-32H,1-4H3. The molecule has 168 valence electrons. The molecule has 33 heavy (non-hydrogen) atoms. The predicted molar refractivity (Wildman–Crippen MR) is 132 cm³/mol. The minimum Gasteiger partial charge on any atom is -0.508 e. The van der Waals surface area contributed by atoms with Crippen LogP contribution in [-0.4, -0.2) is 15.3 Å². The van der Waals surface area contributed by atoms with E-state index in [4.69, 9.17) is 4.74 Å². The Kier molecular flexibility index (Phi) is 5.88. The fourth-order valence-corrected chi connectivity index (χ4v) is 3.79. The number of aromatic hydroxyl groups is 3. The summed E-state index contributed by atoms with van der Waals surface area (Å²) in [5, 5.41) is 31.3. The SMILES string of the molecule is Cc1ccc(O)c(N(c2ccc(Oc3c(C)ccc(O)c3C)cc2)c2cc(C)ccc2O)c1. The third-order valence-corrected chi connectivity index (χ3v) is 5.63. The zero-order chi connectivity index (χ0) is 23.7. The van der Waals surface area contributed by atoms with Crippen LogP contribution in [0.2, 0.25) is 0 Å². The summed E-state index contributed by atoms with van der Waals surface area (Å²) in [4.78, 5) is 1.82. The summed E-state index contributed by atoms with van der Waals surface area (Å²) in [5.41, 5.74) is 5.42. The van der Waals surface area contributed by atoms with Gasteiger partial charge < -0.3 is 25.0 Å². The van der Waals surface area contributed by atoms with Gasteiger partial charge in [-0.1, -0.05) is 18.2 Å². The summed E-state index contributed by atoms with van der Waals surface area (Å²) in [6.07, 6.45) is 0. The van der Waals surface area contributed by atoms with E-state index < -0.39 is 0 Å². The van der Waals surface area contributed by atoms with Crippen molar-refractivity contribution in [2.75, 3.05) is 4.90 Å². The maximum absolute atomic E-state index is 10.7. The first-order chi connectivity index (χ1) is 15.7. The molecule has 0 radical (unpaired) electrons. The lowest BCUT2D eigenvalue weighted by molar-refractivity contribution is 0.446. The molecule has 3 N–H and O–H groups in total. The number of benzene rings is 4. The van der Waals surface area contributed by atoms with Gasteiger partial charge in [0.1, 0.15) is 28.7 Å². The Morgan fingerprint density at radius 2 is 1.12 bits per heavy atom. The van der Waals surface area contributed by atoms with Crippen molar-refractivity contribution in [3.63, 3.8) is 0 Å². The van der Waals surface area contributed by atoms with Gasteiger partial charge in [-0.2, -0.15) is 0 Å². The number of phenols is 3. The highest BCUT2D eigenvalue weighted by molar-refractivity contribution is 5.83. The number of aryl methyl sites for hydroxylation is 3. The number of hydrogen-bond acceptors (Lipinski definition) is 5. The molecule has 0 amide bonds. The lowest BCUT2D eigenvalue weighted by atomic mass is 10.1. The first-order valence-electron chi connectivity index (χ1n) is 10.7. The molecule has 0 bridgehead atoms. The molecular weight excluding hydrogens is 414 g/mol. The highest BCUT2D eigenvalue weighted by Crippen LogP contribution is 2.44. The fraction of sp³-hybridized carbons (Fsp3) is 0.143. The molecule has 0 unspecified atom stereocenters. The van der Waals surface area contributed by atoms with Crippen LogP contribution in [0.4, 0.5) is 17.1 Å². The second-order valence-corrected chi connectivity index (χ2v) is 8.27. The van der Waals surface area contributed by atoms with Crippen molar-refractivity contribution < 1.29 is 20.1 Å². The van der Waals surface area contributed by atoms with E-state index in [1.807, 2.05) is 87.2 Å². The molecule has 5 heteroatoms. The zero-order valence-electron chi connectivity index (χ0n) is 19.1. The van der Waals surface area contributed by atoms with E-state index in [1.165, 1.54) is 0 Å². The Morgan fingerprint density at radius 1 is 0.606 bits per heavy atom. The Balaban J connectivity index is 1.78. The average molecular weight is 442 g/mol. The molecular formula is C28H27NO4. The molecule has 5 nitrogen and oxygen atoms in total. The molecule has 0 aromatic heterocycles.